The van der Waals surface area contributed by atoms with Crippen LogP contribution in [0.5, 0.6) is 5.75 Å². The largest absolute Gasteiger partial charge is 0.497 e. The molecule has 0 aliphatic carbocycles. The molecular weight excluding hydrogens is 384 g/mol. The summed E-state index contributed by atoms with van der Waals surface area (Å²) in [5.74, 6) is 0.809. The molecule has 31 heavy (non-hydrogen) atoms. The SMILES string of the molecule is COc1cccc(CN2C(=O)c3ccc(Cc4ccc(C#N)cc4)c4cccc2c34)c1. The highest BCUT2D eigenvalue weighted by atomic mass is 16.5. The third-order valence-electron chi connectivity index (χ3n) is 5.83. The summed E-state index contributed by atoms with van der Waals surface area (Å²) in [6, 6.07) is 27.7. The highest BCUT2D eigenvalue weighted by molar-refractivity contribution is 6.25. The smallest absolute Gasteiger partial charge is 0.259 e. The van der Waals surface area contributed by atoms with Gasteiger partial charge in [0.25, 0.3) is 5.91 Å². The van der Waals surface area contributed by atoms with Crippen molar-refractivity contribution in [3.05, 3.63) is 107 Å². The lowest BCUT2D eigenvalue weighted by molar-refractivity contribution is 0.0991. The van der Waals surface area contributed by atoms with Crippen LogP contribution in [-0.4, -0.2) is 13.0 Å². The molecule has 4 nitrogen and oxygen atoms in total. The van der Waals surface area contributed by atoms with E-state index in [1.54, 1.807) is 7.11 Å². The van der Waals surface area contributed by atoms with Gasteiger partial charge in [-0.15, -0.1) is 0 Å². The number of nitriles is 1. The zero-order valence-electron chi connectivity index (χ0n) is 17.1. The van der Waals surface area contributed by atoms with Crippen molar-refractivity contribution in [2.75, 3.05) is 12.0 Å². The second-order valence-corrected chi connectivity index (χ2v) is 7.70. The highest BCUT2D eigenvalue weighted by Gasteiger charge is 2.30. The third-order valence-corrected chi connectivity index (χ3v) is 5.83. The van der Waals surface area contributed by atoms with Crippen molar-refractivity contribution >= 4 is 22.4 Å². The number of anilines is 1. The normalized spacial score (nSPS) is 12.3. The molecule has 4 heteroatoms. The van der Waals surface area contributed by atoms with Crippen molar-refractivity contribution in [2.24, 2.45) is 0 Å². The summed E-state index contributed by atoms with van der Waals surface area (Å²) < 4.78 is 5.33. The Hall–Kier alpha value is -4.10. The number of methoxy groups -OCH3 is 1. The number of hydrogen-bond acceptors (Lipinski definition) is 3. The molecule has 0 atom stereocenters. The van der Waals surface area contributed by atoms with Crippen molar-refractivity contribution in [2.45, 2.75) is 13.0 Å². The molecule has 1 aliphatic rings. The van der Waals surface area contributed by atoms with Gasteiger partial charge < -0.3 is 9.64 Å². The summed E-state index contributed by atoms with van der Waals surface area (Å²) in [7, 11) is 1.64. The van der Waals surface area contributed by atoms with Gasteiger partial charge in [0, 0.05) is 10.9 Å². The zero-order chi connectivity index (χ0) is 21.4. The van der Waals surface area contributed by atoms with Gasteiger partial charge in [-0.1, -0.05) is 42.5 Å². The van der Waals surface area contributed by atoms with Gasteiger partial charge in [0.15, 0.2) is 0 Å². The first kappa shape index (κ1) is 18.9. The maximum absolute atomic E-state index is 13.2. The minimum atomic E-state index is 0.0268. The van der Waals surface area contributed by atoms with Crippen molar-refractivity contribution in [1.29, 1.82) is 5.26 Å². The number of carbonyl (C=O) groups excluding carboxylic acids is 1. The monoisotopic (exact) mass is 404 g/mol. The van der Waals surface area contributed by atoms with Crippen LogP contribution in [0, 0.1) is 11.3 Å². The van der Waals surface area contributed by atoms with E-state index in [9.17, 15) is 4.79 Å². The average Bonchev–Trinajstić information content (AvgIpc) is 3.08. The molecule has 4 aromatic rings. The van der Waals surface area contributed by atoms with Crippen LogP contribution < -0.4 is 9.64 Å². The summed E-state index contributed by atoms with van der Waals surface area (Å²) in [5, 5.41) is 11.1. The first-order valence-electron chi connectivity index (χ1n) is 10.2. The number of carbonyl (C=O) groups is 1. The fourth-order valence-electron chi connectivity index (χ4n) is 4.29. The average molecular weight is 404 g/mol. The lowest BCUT2D eigenvalue weighted by Crippen LogP contribution is -2.26. The van der Waals surface area contributed by atoms with Gasteiger partial charge in [-0.3, -0.25) is 4.79 Å². The van der Waals surface area contributed by atoms with E-state index in [4.69, 9.17) is 10.00 Å². The molecule has 1 aliphatic heterocycles. The Bertz CT molecular complexity index is 1350. The maximum Gasteiger partial charge on any atom is 0.259 e. The molecule has 0 aromatic heterocycles. The Morgan fingerprint density at radius 3 is 2.52 bits per heavy atom. The van der Waals surface area contributed by atoms with E-state index in [1.807, 2.05) is 77.7 Å². The molecule has 0 saturated carbocycles. The molecule has 0 N–H and O–H groups in total. The van der Waals surface area contributed by atoms with Crippen LogP contribution in [0.15, 0.2) is 78.9 Å². The minimum absolute atomic E-state index is 0.0268. The van der Waals surface area contributed by atoms with Gasteiger partial charge in [0.1, 0.15) is 5.75 Å². The molecule has 150 valence electrons. The Labute approximate surface area is 180 Å². The van der Waals surface area contributed by atoms with Crippen LogP contribution in [0.2, 0.25) is 0 Å². The van der Waals surface area contributed by atoms with Gasteiger partial charge >= 0.3 is 0 Å². The second-order valence-electron chi connectivity index (χ2n) is 7.70. The van der Waals surface area contributed by atoms with Crippen molar-refractivity contribution < 1.29 is 9.53 Å². The lowest BCUT2D eigenvalue weighted by Gasteiger charge is -2.18. The van der Waals surface area contributed by atoms with E-state index in [0.717, 1.165) is 45.3 Å². The summed E-state index contributed by atoms with van der Waals surface area (Å²) in [5.41, 5.74) is 5.68. The van der Waals surface area contributed by atoms with Gasteiger partial charge in [0.2, 0.25) is 0 Å². The van der Waals surface area contributed by atoms with Gasteiger partial charge in [-0.2, -0.15) is 5.26 Å². The third kappa shape index (κ3) is 3.31. The van der Waals surface area contributed by atoms with Crippen LogP contribution in [0.4, 0.5) is 5.69 Å². The summed E-state index contributed by atoms with van der Waals surface area (Å²) in [4.78, 5) is 15.1. The minimum Gasteiger partial charge on any atom is -0.497 e. The molecule has 0 saturated heterocycles. The number of rotatable bonds is 5. The predicted octanol–water partition coefficient (Wildman–Crippen LogP) is 5.47. The molecule has 0 bridgehead atoms. The molecule has 0 radical (unpaired) electrons. The topological polar surface area (TPSA) is 53.3 Å². The molecule has 0 fully saturated rings. The summed E-state index contributed by atoms with van der Waals surface area (Å²) in [6.45, 7) is 0.495. The number of hydrogen-bond donors (Lipinski definition) is 0. The van der Waals surface area contributed by atoms with E-state index >= 15 is 0 Å². The van der Waals surface area contributed by atoms with Crippen LogP contribution >= 0.6 is 0 Å². The van der Waals surface area contributed by atoms with E-state index in [-0.39, 0.29) is 5.91 Å². The maximum atomic E-state index is 13.2. The first-order chi connectivity index (χ1) is 15.2. The number of benzene rings is 4. The quantitative estimate of drug-likeness (QED) is 0.443. The molecule has 0 unspecified atom stereocenters. The first-order valence-corrected chi connectivity index (χ1v) is 10.2. The van der Waals surface area contributed by atoms with Crippen LogP contribution in [0.25, 0.3) is 10.8 Å². The molecule has 4 aromatic carbocycles. The van der Waals surface area contributed by atoms with E-state index in [1.165, 1.54) is 5.56 Å². The van der Waals surface area contributed by atoms with Gasteiger partial charge in [-0.05, 0) is 64.9 Å². The Kier molecular flexibility index (Phi) is 4.65. The highest BCUT2D eigenvalue weighted by Crippen LogP contribution is 2.40. The van der Waals surface area contributed by atoms with E-state index < -0.39 is 0 Å². The molecule has 1 amide bonds. The van der Waals surface area contributed by atoms with E-state index in [0.29, 0.717) is 12.1 Å². The van der Waals surface area contributed by atoms with Crippen LogP contribution in [0.3, 0.4) is 0 Å². The van der Waals surface area contributed by atoms with Gasteiger partial charge in [-0.25, -0.2) is 0 Å². The van der Waals surface area contributed by atoms with E-state index in [2.05, 4.69) is 12.1 Å². The molecular formula is C27H20N2O2. The Balaban J connectivity index is 1.53. The predicted molar refractivity (Wildman–Crippen MR) is 121 cm³/mol. The van der Waals surface area contributed by atoms with Crippen LogP contribution in [-0.2, 0) is 13.0 Å². The fourth-order valence-corrected chi connectivity index (χ4v) is 4.29. The molecule has 5 rings (SSSR count). The Morgan fingerprint density at radius 1 is 0.935 bits per heavy atom. The number of amides is 1. The number of nitrogens with zero attached hydrogens (tertiary/aromatic N) is 2. The van der Waals surface area contributed by atoms with Crippen LogP contribution in [0.1, 0.15) is 32.6 Å². The number of ether oxygens (including phenoxy) is 1. The molecule has 0 spiro atoms. The standard InChI is InChI=1S/C27H20N2O2/c1-31-22-5-2-4-20(15-22)17-29-25-7-3-6-23-21(12-13-24(26(23)25)27(29)30)14-18-8-10-19(16-28)11-9-18/h2-13,15H,14,17H2,1H3. The fraction of sp³-hybridized carbons (Fsp3) is 0.111. The van der Waals surface area contributed by atoms with Crippen molar-refractivity contribution in [1.82, 2.24) is 0 Å². The molecule has 1 heterocycles. The summed E-state index contributed by atoms with van der Waals surface area (Å²) >= 11 is 0. The Morgan fingerprint density at radius 2 is 1.74 bits per heavy atom. The zero-order valence-corrected chi connectivity index (χ0v) is 17.1. The summed E-state index contributed by atoms with van der Waals surface area (Å²) in [6.07, 6.45) is 0.746. The van der Waals surface area contributed by atoms with Crippen molar-refractivity contribution in [3.8, 4) is 11.8 Å². The second kappa shape index (κ2) is 7.62. The lowest BCUT2D eigenvalue weighted by atomic mass is 9.95. The van der Waals surface area contributed by atoms with Gasteiger partial charge in [0.05, 0.1) is 31.0 Å². The van der Waals surface area contributed by atoms with Crippen molar-refractivity contribution in [3.63, 3.8) is 0 Å².